The van der Waals surface area contributed by atoms with Gasteiger partial charge >= 0.3 is 0 Å². The van der Waals surface area contributed by atoms with Gasteiger partial charge in [0.25, 0.3) is 70.8 Å². The highest BCUT2D eigenvalue weighted by Crippen LogP contribution is 2.34. The molecule has 0 aromatic heterocycles. The summed E-state index contributed by atoms with van der Waals surface area (Å²) in [6.07, 6.45) is 2.12. The first-order chi connectivity index (χ1) is 48.4. The first-order valence-electron chi connectivity index (χ1n) is 28.8. The van der Waals surface area contributed by atoms with Gasteiger partial charge in [-0.1, -0.05) is 190 Å². The van der Waals surface area contributed by atoms with Crippen LogP contribution in [0.25, 0.3) is 0 Å². The summed E-state index contributed by atoms with van der Waals surface area (Å²) in [5, 5.41) is 3.38. The molecule has 0 spiro atoms. The molecule has 0 aliphatic rings. The largest absolute Gasteiger partial charge is 0.265 e. The Morgan fingerprint density at radius 1 is 0.248 bits per heavy atom. The molecule has 0 saturated carbocycles. The number of alkyl halides is 6. The number of halogens is 14. The summed E-state index contributed by atoms with van der Waals surface area (Å²) in [6.45, 7) is 1.70. The molecule has 0 aliphatic heterocycles. The van der Waals surface area contributed by atoms with Crippen LogP contribution in [0.2, 0.25) is 40.2 Å². The van der Waals surface area contributed by atoms with Crippen molar-refractivity contribution < 1.29 is 88.2 Å². The third kappa shape index (κ3) is 46.5. The van der Waals surface area contributed by atoms with Crippen molar-refractivity contribution in [1.29, 1.82) is 0 Å². The molecule has 42 heteroatoms. The van der Waals surface area contributed by atoms with Gasteiger partial charge in [-0.05, 0) is 101 Å². The molecule has 0 aliphatic carbocycles. The van der Waals surface area contributed by atoms with Crippen molar-refractivity contribution in [1.82, 2.24) is 0 Å². The van der Waals surface area contributed by atoms with E-state index >= 15 is 0 Å². The first kappa shape index (κ1) is 101. The van der Waals surface area contributed by atoms with E-state index in [9.17, 15) is 58.9 Å². The Morgan fingerprint density at radius 2 is 0.543 bits per heavy atom. The van der Waals surface area contributed by atoms with Gasteiger partial charge in [-0.15, -0.1) is 69.6 Å². The zero-order chi connectivity index (χ0) is 80.5. The maximum atomic E-state index is 11.0. The van der Waals surface area contributed by atoms with Crippen molar-refractivity contribution in [2.45, 2.75) is 49.7 Å². The quantitative estimate of drug-likeness (QED) is 0.0341. The monoisotopic (exact) mass is 1880 g/mol. The molecule has 7 aromatic carbocycles. The van der Waals surface area contributed by atoms with Gasteiger partial charge in [-0.25, -0.2) is 0 Å². The Balaban J connectivity index is 0.000000613. The van der Waals surface area contributed by atoms with Crippen LogP contribution in [0.4, 0.5) is 0 Å². The summed E-state index contributed by atoms with van der Waals surface area (Å²) in [6, 6.07) is 45.7. The van der Waals surface area contributed by atoms with E-state index in [-0.39, 0.29) is 35.3 Å². The van der Waals surface area contributed by atoms with Gasteiger partial charge in [-0.2, -0.15) is 58.9 Å². The van der Waals surface area contributed by atoms with Gasteiger partial charge in [0.15, 0.2) is 0 Å². The molecule has 21 nitrogen and oxygen atoms in total. The summed E-state index contributed by atoms with van der Waals surface area (Å²) in [7, 11) is -24.6. The Labute approximate surface area is 685 Å². The maximum Gasteiger partial charge on any atom is 0.265 e. The SMILES string of the molecule is CC(OS(C)(=O)=O)c1ccccc1.CS(=O)(=O)OC(CCl)c1cc(Cl)ccc1Cl.CS(=O)(=O)OC(CCl)c1ccc(Cl)c(Cl)c1.CS(=O)(=O)OC(CCl)c1ccc(Cl)cc1.CS(=O)(=O)OC(CCl)c1ccc(Cl)cc1Cl.CS(=O)(=O)OC(CCl)c1cccc(Cl)c1.CS(=O)(=O)OC(CCl)c1ccccc1. The lowest BCUT2D eigenvalue weighted by Gasteiger charge is -2.15. The fourth-order valence-electron chi connectivity index (χ4n) is 7.60. The predicted molar refractivity (Wildman–Crippen MR) is 426 cm³/mol. The average Bonchev–Trinajstić information content (AvgIpc) is 0.851. The second-order valence-electron chi connectivity index (χ2n) is 21.0. The Morgan fingerprint density at radius 3 is 0.914 bits per heavy atom. The van der Waals surface area contributed by atoms with E-state index in [0.717, 1.165) is 54.9 Å². The van der Waals surface area contributed by atoms with Crippen LogP contribution in [0.3, 0.4) is 0 Å². The molecular formula is C63H70Cl14O21S7. The van der Waals surface area contributed by atoms with Crippen molar-refractivity contribution >= 4 is 233 Å². The zero-order valence-corrected chi connectivity index (χ0v) is 72.4. The van der Waals surface area contributed by atoms with Gasteiger partial charge in [0.1, 0.15) is 36.6 Å². The van der Waals surface area contributed by atoms with Crippen LogP contribution in [-0.4, -0.2) is 138 Å². The molecule has 7 rings (SSSR count). The minimum absolute atomic E-state index is 0.00499. The van der Waals surface area contributed by atoms with Gasteiger partial charge in [0, 0.05) is 41.3 Å². The molecule has 0 heterocycles. The minimum atomic E-state index is -3.60. The lowest BCUT2D eigenvalue weighted by molar-refractivity contribution is 0.236. The summed E-state index contributed by atoms with van der Waals surface area (Å²) < 4.78 is 187. The number of benzene rings is 7. The van der Waals surface area contributed by atoms with E-state index in [0.29, 0.717) is 68.0 Å². The second-order valence-corrected chi connectivity index (χ2v) is 37.5. The molecule has 105 heavy (non-hydrogen) atoms. The van der Waals surface area contributed by atoms with Crippen molar-refractivity contribution in [2.24, 2.45) is 0 Å². The van der Waals surface area contributed by atoms with E-state index in [1.54, 1.807) is 116 Å². The maximum absolute atomic E-state index is 11.0. The number of rotatable bonds is 27. The van der Waals surface area contributed by atoms with Gasteiger partial charge < -0.3 is 0 Å². The van der Waals surface area contributed by atoms with Crippen LogP contribution in [0, 0.1) is 0 Å². The number of hydrogen-bond acceptors (Lipinski definition) is 21. The summed E-state index contributed by atoms with van der Waals surface area (Å²) in [5.41, 5.74) is 4.44. The van der Waals surface area contributed by atoms with E-state index in [1.807, 2.05) is 36.4 Å². The molecule has 0 saturated heterocycles. The minimum Gasteiger partial charge on any atom is -0.262 e. The molecule has 0 N–H and O–H groups in total. The van der Waals surface area contributed by atoms with Crippen LogP contribution < -0.4 is 0 Å². The molecule has 7 aromatic rings. The second kappa shape index (κ2) is 48.8. The third-order valence-electron chi connectivity index (χ3n) is 11.7. The highest BCUT2D eigenvalue weighted by atomic mass is 35.5. The topological polar surface area (TPSA) is 304 Å². The molecule has 0 bridgehead atoms. The Kier molecular flexibility index (Phi) is 46.9. The molecule has 0 fully saturated rings. The molecule has 588 valence electrons. The molecule has 7 unspecified atom stereocenters. The van der Waals surface area contributed by atoms with E-state index in [2.05, 4.69) is 0 Å². The summed E-state index contributed by atoms with van der Waals surface area (Å²) >= 11 is 80.1. The Bertz CT molecular complexity index is 4650. The normalized spacial score (nSPS) is 13.8. The van der Waals surface area contributed by atoms with Crippen molar-refractivity contribution in [3.8, 4) is 0 Å². The van der Waals surface area contributed by atoms with Gasteiger partial charge in [0.05, 0.1) is 95.2 Å². The fourth-order valence-corrected chi connectivity index (χ4v) is 15.3. The molecule has 0 radical (unpaired) electrons. The highest BCUT2D eigenvalue weighted by Gasteiger charge is 2.24. The average molecular weight is 1880 g/mol. The fraction of sp³-hybridized carbons (Fsp3) is 0.333. The lowest BCUT2D eigenvalue weighted by atomic mass is 10.1. The van der Waals surface area contributed by atoms with Crippen LogP contribution in [0.15, 0.2) is 164 Å². The lowest BCUT2D eigenvalue weighted by Crippen LogP contribution is -2.12. The van der Waals surface area contributed by atoms with Crippen LogP contribution >= 0.6 is 162 Å². The standard InChI is InChI=1S/3C9H9Cl3O3S.2C9H10Cl2O3S.C9H11ClO3S.C9H12O3S/c1-16(13,14)15-9(5-10)7-4-6(11)2-3-8(7)12;1-16(13,14)15-9(5-10)7-3-2-6(11)4-8(7)12;1-16(13,14)15-9(5-10)6-2-3-7(11)8(12)4-6;1-15(12,13)14-9(6-10)7-2-4-8(11)5-3-7;1-15(12,13)14-9(6-10)7-3-2-4-8(11)5-7;1-14(11,12)13-9(7-10)8-5-3-2-4-6-8;1-8(12-13(2,10)11)9-6-4-3-5-7-9/h3*2-4,9H,5H2,1H3;2*2-5,9H,6H2,1H3;2-6,9H,7H2,1H3;3-8H,1-2H3. The third-order valence-corrected chi connectivity index (χ3v) is 19.9. The van der Waals surface area contributed by atoms with E-state index < -0.39 is 114 Å². The highest BCUT2D eigenvalue weighted by molar-refractivity contribution is 7.87. The van der Waals surface area contributed by atoms with Crippen LogP contribution in [0.5, 0.6) is 0 Å². The number of hydrogen-bond donors (Lipinski definition) is 0. The van der Waals surface area contributed by atoms with Crippen molar-refractivity contribution in [2.75, 3.05) is 79.1 Å². The van der Waals surface area contributed by atoms with E-state index in [1.165, 1.54) is 18.2 Å². The molecule has 0 amide bonds. The molecule has 7 atom stereocenters. The Hall–Kier alpha value is -2.03. The predicted octanol–water partition coefficient (Wildman–Crippen LogP) is 18.6. The van der Waals surface area contributed by atoms with Crippen molar-refractivity contribution in [3.63, 3.8) is 0 Å². The smallest absolute Gasteiger partial charge is 0.262 e. The van der Waals surface area contributed by atoms with Gasteiger partial charge in [0.2, 0.25) is 0 Å². The van der Waals surface area contributed by atoms with E-state index in [4.69, 9.17) is 192 Å². The summed E-state index contributed by atoms with van der Waals surface area (Å²) in [4.78, 5) is 0. The van der Waals surface area contributed by atoms with Crippen LogP contribution in [0.1, 0.15) is 88.6 Å². The summed E-state index contributed by atoms with van der Waals surface area (Å²) in [5.74, 6) is 0.172. The van der Waals surface area contributed by atoms with Crippen LogP contribution in [-0.2, 0) is 100 Å². The van der Waals surface area contributed by atoms with Gasteiger partial charge in [-0.3, -0.25) is 29.3 Å². The molecular weight excluding hydrogens is 1810 g/mol. The first-order valence-corrected chi connectivity index (χ1v) is 47.8. The van der Waals surface area contributed by atoms with Crippen molar-refractivity contribution in [3.05, 3.63) is 243 Å². The zero-order valence-electron chi connectivity index (χ0n) is 56.1.